The molecule has 6 aliphatic rings. The molecule has 6 fully saturated rings. The number of piperidine rings is 2. The van der Waals surface area contributed by atoms with Crippen LogP contribution in [-0.2, 0) is 57.0 Å². The van der Waals surface area contributed by atoms with Gasteiger partial charge in [0.2, 0.25) is 35.5 Å². The molecule has 7 N–H and O–H groups in total. The molecule has 2 spiro atoms. The molecule has 34 heteroatoms. The fourth-order valence-electron chi connectivity index (χ4n) is 17.0. The monoisotopic (exact) mass is 1530 g/mol. The second kappa shape index (κ2) is 28.5. The molecule has 4 saturated heterocycles. The third-order valence-corrected chi connectivity index (χ3v) is 23.4. The van der Waals surface area contributed by atoms with Crippen LogP contribution in [0.3, 0.4) is 0 Å². The third-order valence-electron chi connectivity index (χ3n) is 22.8. The Morgan fingerprint density at radius 3 is 1.51 bits per heavy atom. The number of likely N-dealkylation sites (N-methyl/N-ethyl adjacent to an activating group) is 1. The van der Waals surface area contributed by atoms with Gasteiger partial charge >= 0.3 is 0 Å². The minimum atomic E-state index is -1.29. The van der Waals surface area contributed by atoms with E-state index in [4.69, 9.17) is 52.8 Å². The van der Waals surface area contributed by atoms with Crippen LogP contribution in [0.5, 0.6) is 11.5 Å². The number of aromatic nitrogens is 12. The van der Waals surface area contributed by atoms with E-state index in [9.17, 15) is 38.4 Å². The molecule has 3 unspecified atom stereocenters. The summed E-state index contributed by atoms with van der Waals surface area (Å²) in [5.41, 5.74) is 8.38. The molecule has 2 aliphatic carbocycles. The van der Waals surface area contributed by atoms with E-state index < -0.39 is 47.5 Å². The van der Waals surface area contributed by atoms with Gasteiger partial charge in [-0.05, 0) is 131 Å². The Hall–Kier alpha value is -11.5. The van der Waals surface area contributed by atoms with Gasteiger partial charge in [0, 0.05) is 130 Å². The van der Waals surface area contributed by atoms with Gasteiger partial charge < -0.3 is 40.5 Å². The van der Waals surface area contributed by atoms with Crippen LogP contribution in [0.4, 0.5) is 46.3 Å². The smallest absolute Gasteiger partial charge is 0.294 e. The van der Waals surface area contributed by atoms with E-state index in [0.29, 0.717) is 93.0 Å². The number of ether oxygens (including phenoxy) is 2. The molecule has 32 nitrogen and oxygen atoms in total. The van der Waals surface area contributed by atoms with Crippen molar-refractivity contribution in [1.29, 1.82) is 0 Å². The molecule has 16 rings (SSSR count). The van der Waals surface area contributed by atoms with Gasteiger partial charge in [-0.2, -0.15) is 20.2 Å². The molecular formula is C76H82Cl2N22O10. The Labute approximate surface area is 639 Å². The first-order valence-electron chi connectivity index (χ1n) is 36.8. The average molecular weight is 1530 g/mol. The lowest BCUT2D eigenvalue weighted by molar-refractivity contribution is -0.143. The average Bonchev–Trinajstić information content (AvgIpc) is 1.42. The fraction of sp³-hybridized carbons (Fsp3) is 0.421. The number of carbonyl (C=O) groups is 6. The van der Waals surface area contributed by atoms with E-state index in [1.807, 2.05) is 38.4 Å². The Morgan fingerprint density at radius 2 is 1.05 bits per heavy atom. The number of nitrogens with zero attached hydrogens (tertiary/aromatic N) is 15. The second-order valence-electron chi connectivity index (χ2n) is 30.6. The highest BCUT2D eigenvalue weighted by Crippen LogP contribution is 2.50. The van der Waals surface area contributed by atoms with Gasteiger partial charge in [-0.3, -0.25) is 77.9 Å². The number of amides is 6. The summed E-state index contributed by atoms with van der Waals surface area (Å²) in [5.74, 6) is -1.37. The molecule has 7 atom stereocenters. The first-order valence-corrected chi connectivity index (χ1v) is 37.6. The zero-order chi connectivity index (χ0) is 76.9. The number of hydrogen-bond donors (Lipinski definition) is 7. The number of halogens is 2. The predicted octanol–water partition coefficient (Wildman–Crippen LogP) is 7.92. The highest BCUT2D eigenvalue weighted by Gasteiger charge is 2.50. The largest absolute Gasteiger partial charge is 0.478 e. The van der Waals surface area contributed by atoms with Crippen LogP contribution in [-0.4, -0.2) is 157 Å². The summed E-state index contributed by atoms with van der Waals surface area (Å²) in [6.45, 7) is 8.47. The predicted molar refractivity (Wildman–Crippen MR) is 413 cm³/mol. The van der Waals surface area contributed by atoms with Crippen molar-refractivity contribution in [3.63, 3.8) is 0 Å². The van der Waals surface area contributed by atoms with Crippen LogP contribution in [0.2, 0.25) is 10.0 Å². The van der Waals surface area contributed by atoms with Gasteiger partial charge in [-0.1, -0.05) is 37.0 Å². The molecule has 6 amide bonds. The molecule has 8 aromatic heterocycles. The van der Waals surface area contributed by atoms with Gasteiger partial charge in [0.05, 0.1) is 70.4 Å². The molecule has 10 aromatic rings. The lowest BCUT2D eigenvalue weighted by Gasteiger charge is -2.55. The van der Waals surface area contributed by atoms with Crippen molar-refractivity contribution in [2.75, 3.05) is 70.9 Å². The highest BCUT2D eigenvalue weighted by molar-refractivity contribution is 6.33. The molecule has 2 aromatic carbocycles. The zero-order valence-electron chi connectivity index (χ0n) is 61.8. The minimum absolute atomic E-state index is 0.0935. The summed E-state index contributed by atoms with van der Waals surface area (Å²) >= 11 is 13.4. The van der Waals surface area contributed by atoms with E-state index in [-0.39, 0.29) is 80.9 Å². The molecule has 2 saturated carbocycles. The van der Waals surface area contributed by atoms with Gasteiger partial charge in [0.15, 0.2) is 35.8 Å². The number of anilines is 8. The normalized spacial score (nSPS) is 21.1. The number of fused-ring (bicyclic) bond motifs is 4. The van der Waals surface area contributed by atoms with Crippen molar-refractivity contribution in [2.24, 2.45) is 50.9 Å². The van der Waals surface area contributed by atoms with Crippen molar-refractivity contribution >= 4 is 149 Å². The van der Waals surface area contributed by atoms with Crippen LogP contribution >= 0.6 is 23.2 Å². The fourth-order valence-corrected chi connectivity index (χ4v) is 17.3. The van der Waals surface area contributed by atoms with Crippen LogP contribution < -0.4 is 67.7 Å². The number of nitrogens with one attached hydrogen (secondary N) is 7. The summed E-state index contributed by atoms with van der Waals surface area (Å²) in [6, 6.07) is 19.2. The van der Waals surface area contributed by atoms with Crippen LogP contribution in [0.1, 0.15) is 108 Å². The first-order chi connectivity index (χ1) is 52.7. The highest BCUT2D eigenvalue weighted by atomic mass is 35.5. The van der Waals surface area contributed by atoms with Crippen molar-refractivity contribution in [1.82, 2.24) is 79.7 Å². The topological polar surface area (TPSA) is 372 Å². The number of benzene rings is 2. The molecule has 4 aliphatic heterocycles. The van der Waals surface area contributed by atoms with Gasteiger partial charge in [-0.15, -0.1) is 0 Å². The summed E-state index contributed by atoms with van der Waals surface area (Å²) in [6.07, 6.45) is 12.4. The number of hydrazine groups is 1. The molecular weight excluding hydrogens is 1450 g/mol. The van der Waals surface area contributed by atoms with E-state index in [2.05, 4.69) is 93.0 Å². The number of imide groups is 2. The quantitative estimate of drug-likeness (QED) is 0.0317. The summed E-state index contributed by atoms with van der Waals surface area (Å²) in [4.78, 5) is 136. The lowest BCUT2D eigenvalue weighted by Crippen LogP contribution is -2.60. The maximum absolute atomic E-state index is 13.7. The number of aryl methyl sites for hydroxylation is 4. The van der Waals surface area contributed by atoms with Crippen molar-refractivity contribution in [3.8, 4) is 11.5 Å². The molecule has 110 heavy (non-hydrogen) atoms. The number of hydrogen-bond acceptors (Lipinski definition) is 24. The van der Waals surface area contributed by atoms with Crippen molar-refractivity contribution in [2.45, 2.75) is 115 Å². The van der Waals surface area contributed by atoms with E-state index in [1.54, 1.807) is 46.3 Å². The van der Waals surface area contributed by atoms with Crippen LogP contribution in [0.15, 0.2) is 95.0 Å². The summed E-state index contributed by atoms with van der Waals surface area (Å²) < 4.78 is 18.0. The van der Waals surface area contributed by atoms with Crippen LogP contribution in [0, 0.1) is 22.7 Å². The maximum Gasteiger partial charge on any atom is 0.294 e. The van der Waals surface area contributed by atoms with E-state index >= 15 is 0 Å². The van der Waals surface area contributed by atoms with E-state index in [1.165, 1.54) is 49.3 Å². The number of rotatable bonds is 18. The van der Waals surface area contributed by atoms with Crippen molar-refractivity contribution < 1.29 is 38.2 Å². The Morgan fingerprint density at radius 1 is 0.600 bits per heavy atom. The summed E-state index contributed by atoms with van der Waals surface area (Å²) in [7, 11) is 8.12. The maximum atomic E-state index is 13.7. The Bertz CT molecular complexity index is 5600. The molecule has 570 valence electrons. The van der Waals surface area contributed by atoms with Gasteiger partial charge in [0.1, 0.15) is 21.3 Å². The standard InChI is InChI=1S/C76H82Cl2N22O10/c1-38-27-75(19-17-53(38)83-43-9-11-47-55(25-43)96(6)91-62(47)49-13-15-59(101)87-69(49)105)34-99(35-75)73-81-31-51(77)64(89-73)85-45-21-41-23-57(71(107)94(4)66(41)79-29-45)109-33-61(103)98(8)93-68(104)40(3)110-58-24-42-22-46(30-80-67(42)95(5)72(58)108)86-65-52(78)32-82-74(90-65)100-36-76(37-100)20-18-54(39(2)28-76)84-44-10-12-48-56(26-44)97(7)92-63(48)50-14-16-60(102)88-70(50)106/h9-12,21-26,29-32,38-40,49-50,53-54,83-84H,13-20,27-28,33-37H2,1-8H3,(H,93,104)(H,81,85,89)(H,82,86,90)(H,87,101,105)(H,88,102,106)/t38-,39-,40?,49?,50?,53+,54+/m0/s1. The Balaban J connectivity index is 0.498. The Kier molecular flexibility index (Phi) is 18.8. The SMILES string of the molecule is CC(Oc1cc2cc(Nc3nc(N4CC5(CC[C@@H](Nc6ccc7c(C8CCC(=O)NC8=O)nn(C)c7c6)[C@@H](C)C5)C4)ncc3Cl)cnc2n(C)c1=O)C(=O)NN(C)C(=O)COc1cc2cc(Nc3nc(N4CC5(CC[C@@H](Nc6ccc7c(C8CCC(=O)NC8=O)nn(C)c7c6)[C@@H](C)C5)C4)ncc3Cl)cnc2n(C)c1=O. The zero-order valence-corrected chi connectivity index (χ0v) is 63.3. The van der Waals surface area contributed by atoms with Crippen LogP contribution in [0.25, 0.3) is 43.9 Å². The molecule has 0 bridgehead atoms. The third kappa shape index (κ3) is 13.9. The van der Waals surface area contributed by atoms with Gasteiger partial charge in [0.25, 0.3) is 22.9 Å². The second-order valence-corrected chi connectivity index (χ2v) is 31.4. The lowest BCUT2D eigenvalue weighted by atomic mass is 9.64. The number of pyridine rings is 4. The molecule has 0 radical (unpaired) electrons. The summed E-state index contributed by atoms with van der Waals surface area (Å²) in [5, 5.41) is 32.7. The minimum Gasteiger partial charge on any atom is -0.478 e. The van der Waals surface area contributed by atoms with Crippen molar-refractivity contribution in [3.05, 3.63) is 128 Å². The van der Waals surface area contributed by atoms with Gasteiger partial charge in [-0.25, -0.2) is 19.9 Å². The van der Waals surface area contributed by atoms with E-state index in [0.717, 1.165) is 103 Å². The number of carbonyl (C=O) groups excluding carboxylic acids is 6. The first kappa shape index (κ1) is 72.6. The molecule has 12 heterocycles.